The van der Waals surface area contributed by atoms with Gasteiger partial charge in [-0.25, -0.2) is 9.48 Å². The van der Waals surface area contributed by atoms with Gasteiger partial charge in [0.25, 0.3) is 5.91 Å². The molecule has 0 saturated heterocycles. The van der Waals surface area contributed by atoms with Crippen molar-refractivity contribution < 1.29 is 14.3 Å². The maximum Gasteiger partial charge on any atom is 0.357 e. The molecule has 0 radical (unpaired) electrons. The van der Waals surface area contributed by atoms with Crippen LogP contribution in [0.25, 0.3) is 16.3 Å². The lowest BCUT2D eigenvalue weighted by molar-refractivity contribution is -0.119. The number of nitrogens with zero attached hydrogens (tertiary/aromatic N) is 2. The predicted octanol–water partition coefficient (Wildman–Crippen LogP) is 5.27. The van der Waals surface area contributed by atoms with Gasteiger partial charge in [0.1, 0.15) is 5.69 Å². The first-order chi connectivity index (χ1) is 15.6. The van der Waals surface area contributed by atoms with Crippen LogP contribution in [0.2, 0.25) is 0 Å². The third-order valence-electron chi connectivity index (χ3n) is 5.03. The summed E-state index contributed by atoms with van der Waals surface area (Å²) in [6.07, 6.45) is 0.791. The Bertz CT molecular complexity index is 1230. The molecule has 7 heteroatoms. The maximum absolute atomic E-state index is 12.9. The summed E-state index contributed by atoms with van der Waals surface area (Å²) in [5.41, 5.74) is 4.44. The van der Waals surface area contributed by atoms with Crippen LogP contribution in [0.15, 0.2) is 72.1 Å². The molecular weight excluding hydrogens is 422 g/mol. The average Bonchev–Trinajstić information content (AvgIpc) is 3.49. The van der Waals surface area contributed by atoms with E-state index in [1.54, 1.807) is 10.7 Å². The average molecular weight is 446 g/mol. The zero-order chi connectivity index (χ0) is 22.5. The number of hydrogen-bond acceptors (Lipinski definition) is 5. The van der Waals surface area contributed by atoms with Gasteiger partial charge in [-0.2, -0.15) is 5.10 Å². The zero-order valence-electron chi connectivity index (χ0n) is 17.9. The summed E-state index contributed by atoms with van der Waals surface area (Å²) in [5, 5.41) is 9.43. The van der Waals surface area contributed by atoms with E-state index < -0.39 is 5.97 Å². The maximum atomic E-state index is 12.9. The van der Waals surface area contributed by atoms with Crippen LogP contribution in [-0.2, 0) is 16.0 Å². The molecular formula is C25H23N3O3S. The van der Waals surface area contributed by atoms with E-state index in [1.165, 1.54) is 11.3 Å². The summed E-state index contributed by atoms with van der Waals surface area (Å²) in [4.78, 5) is 26.4. The lowest BCUT2D eigenvalue weighted by atomic mass is 10.1. The number of aryl methyl sites for hydroxylation is 2. The van der Waals surface area contributed by atoms with Crippen LogP contribution in [0.4, 0.5) is 5.69 Å². The number of rotatable bonds is 7. The fraction of sp³-hybridized carbons (Fsp3) is 0.160. The lowest BCUT2D eigenvalue weighted by Crippen LogP contribution is -2.23. The van der Waals surface area contributed by atoms with Gasteiger partial charge in [0.2, 0.25) is 0 Å². The first-order valence-corrected chi connectivity index (χ1v) is 11.2. The number of carbonyl (C=O) groups is 2. The molecule has 0 atom stereocenters. The minimum absolute atomic E-state index is 0.262. The number of nitrogens with one attached hydrogen (secondary N) is 1. The number of hydrogen-bond donors (Lipinski definition) is 1. The Labute approximate surface area is 190 Å². The summed E-state index contributed by atoms with van der Waals surface area (Å²) in [6.45, 7) is 3.58. The first kappa shape index (κ1) is 21.5. The number of benzene rings is 2. The highest BCUT2D eigenvalue weighted by molar-refractivity contribution is 7.13. The van der Waals surface area contributed by atoms with Crippen molar-refractivity contribution in [2.45, 2.75) is 20.3 Å². The van der Waals surface area contributed by atoms with Gasteiger partial charge in [0, 0.05) is 11.8 Å². The molecule has 0 unspecified atom stereocenters. The van der Waals surface area contributed by atoms with Gasteiger partial charge in [-0.05, 0) is 48.1 Å². The van der Waals surface area contributed by atoms with Gasteiger partial charge in [-0.1, -0.05) is 49.4 Å². The van der Waals surface area contributed by atoms with Crippen LogP contribution < -0.4 is 5.32 Å². The van der Waals surface area contributed by atoms with Crippen molar-refractivity contribution in [3.8, 4) is 16.3 Å². The van der Waals surface area contributed by atoms with E-state index in [0.717, 1.165) is 33.8 Å². The van der Waals surface area contributed by atoms with Crippen molar-refractivity contribution in [1.82, 2.24) is 9.78 Å². The highest BCUT2D eigenvalue weighted by atomic mass is 32.1. The molecule has 1 amide bonds. The van der Waals surface area contributed by atoms with Crippen LogP contribution in [0.3, 0.4) is 0 Å². The standard InChI is InChI=1S/C25H23N3O3S/c1-3-18-10-7-9-17(2)24(18)26-23(29)16-31-25(30)21-15-20(22-13-8-14-32-22)27-28(21)19-11-5-4-6-12-19/h4-15H,3,16H2,1-2H3,(H,26,29). The second-order valence-electron chi connectivity index (χ2n) is 7.23. The van der Waals surface area contributed by atoms with Gasteiger partial charge in [-0.3, -0.25) is 4.79 Å². The second-order valence-corrected chi connectivity index (χ2v) is 8.17. The minimum Gasteiger partial charge on any atom is -0.451 e. The van der Waals surface area contributed by atoms with Crippen molar-refractivity contribution in [3.05, 3.63) is 88.9 Å². The first-order valence-electron chi connectivity index (χ1n) is 10.3. The molecule has 2 aromatic carbocycles. The van der Waals surface area contributed by atoms with E-state index in [-0.39, 0.29) is 18.2 Å². The van der Waals surface area contributed by atoms with Gasteiger partial charge >= 0.3 is 5.97 Å². The van der Waals surface area contributed by atoms with Crippen LogP contribution in [0.1, 0.15) is 28.5 Å². The highest BCUT2D eigenvalue weighted by Crippen LogP contribution is 2.26. The Balaban J connectivity index is 1.53. The van der Waals surface area contributed by atoms with E-state index in [0.29, 0.717) is 5.69 Å². The van der Waals surface area contributed by atoms with Gasteiger partial charge in [-0.15, -0.1) is 11.3 Å². The normalized spacial score (nSPS) is 10.7. The number of anilines is 1. The minimum atomic E-state index is -0.611. The van der Waals surface area contributed by atoms with Crippen molar-refractivity contribution in [3.63, 3.8) is 0 Å². The van der Waals surface area contributed by atoms with Crippen molar-refractivity contribution in [1.29, 1.82) is 0 Å². The van der Waals surface area contributed by atoms with Crippen molar-refractivity contribution in [2.75, 3.05) is 11.9 Å². The SMILES string of the molecule is CCc1cccc(C)c1NC(=O)COC(=O)c1cc(-c2cccs2)nn1-c1ccccc1. The summed E-state index contributed by atoms with van der Waals surface area (Å²) in [6, 6.07) is 20.8. The molecule has 0 spiro atoms. The lowest BCUT2D eigenvalue weighted by Gasteiger charge is -2.13. The van der Waals surface area contributed by atoms with E-state index in [9.17, 15) is 9.59 Å². The summed E-state index contributed by atoms with van der Waals surface area (Å²) < 4.78 is 6.91. The van der Waals surface area contributed by atoms with Crippen LogP contribution in [-0.4, -0.2) is 28.3 Å². The molecule has 0 bridgehead atoms. The Hall–Kier alpha value is -3.71. The van der Waals surface area contributed by atoms with Crippen molar-refractivity contribution >= 4 is 28.9 Å². The molecule has 0 aliphatic carbocycles. The molecule has 1 N–H and O–H groups in total. The Morgan fingerprint density at radius 2 is 1.88 bits per heavy atom. The van der Waals surface area contributed by atoms with Gasteiger partial charge in [0.05, 0.1) is 10.6 Å². The molecule has 0 fully saturated rings. The summed E-state index contributed by atoms with van der Waals surface area (Å²) in [5.74, 6) is -0.994. The molecule has 162 valence electrons. The summed E-state index contributed by atoms with van der Waals surface area (Å²) in [7, 11) is 0. The predicted molar refractivity (Wildman–Crippen MR) is 126 cm³/mol. The van der Waals surface area contributed by atoms with Crippen LogP contribution in [0, 0.1) is 6.92 Å². The van der Waals surface area contributed by atoms with Gasteiger partial charge in [0.15, 0.2) is 12.3 Å². The molecule has 4 rings (SSSR count). The third kappa shape index (κ3) is 4.63. The van der Waals surface area contributed by atoms with E-state index in [2.05, 4.69) is 10.4 Å². The molecule has 0 saturated carbocycles. The van der Waals surface area contributed by atoms with E-state index >= 15 is 0 Å². The molecule has 2 heterocycles. The van der Waals surface area contributed by atoms with Crippen molar-refractivity contribution in [2.24, 2.45) is 0 Å². The van der Waals surface area contributed by atoms with Gasteiger partial charge < -0.3 is 10.1 Å². The Morgan fingerprint density at radius 1 is 1.06 bits per heavy atom. The number of carbonyl (C=O) groups excluding carboxylic acids is 2. The number of thiophene rings is 1. The number of esters is 1. The Morgan fingerprint density at radius 3 is 2.59 bits per heavy atom. The fourth-order valence-electron chi connectivity index (χ4n) is 3.42. The smallest absolute Gasteiger partial charge is 0.357 e. The molecule has 0 aliphatic heterocycles. The van der Waals surface area contributed by atoms with Crippen LogP contribution >= 0.6 is 11.3 Å². The number of ether oxygens (including phenoxy) is 1. The summed E-state index contributed by atoms with van der Waals surface area (Å²) >= 11 is 1.54. The second kappa shape index (κ2) is 9.62. The molecule has 32 heavy (non-hydrogen) atoms. The third-order valence-corrected chi connectivity index (χ3v) is 5.92. The molecule has 6 nitrogen and oxygen atoms in total. The Kier molecular flexibility index (Phi) is 6.47. The molecule has 4 aromatic rings. The largest absolute Gasteiger partial charge is 0.451 e. The van der Waals surface area contributed by atoms with E-state index in [1.807, 2.05) is 79.9 Å². The highest BCUT2D eigenvalue weighted by Gasteiger charge is 2.20. The molecule has 0 aliphatic rings. The fourth-order valence-corrected chi connectivity index (χ4v) is 4.10. The quantitative estimate of drug-likeness (QED) is 0.394. The van der Waals surface area contributed by atoms with Crippen LogP contribution in [0.5, 0.6) is 0 Å². The zero-order valence-corrected chi connectivity index (χ0v) is 18.7. The number of para-hydroxylation sites is 2. The number of aromatic nitrogens is 2. The molecule has 2 aromatic heterocycles. The monoisotopic (exact) mass is 445 g/mol. The van der Waals surface area contributed by atoms with E-state index in [4.69, 9.17) is 4.74 Å². The number of amides is 1. The topological polar surface area (TPSA) is 73.2 Å².